The van der Waals surface area contributed by atoms with Gasteiger partial charge in [0, 0.05) is 24.1 Å². The Bertz CT molecular complexity index is 865. The van der Waals surface area contributed by atoms with E-state index in [0.717, 1.165) is 54.8 Å². The number of hydrogen-bond acceptors (Lipinski definition) is 6. The van der Waals surface area contributed by atoms with E-state index in [2.05, 4.69) is 10.3 Å². The molecule has 4 aliphatic rings. The zero-order valence-corrected chi connectivity index (χ0v) is 18.3. The standard InChI is InChI=1S/C23H33N5O2/c1-15-5-4-6-17-18(12-27(2)3)26-21(24)22(30)28(20(15)17)13-19(29)23-9-7-16(8-10-23)11-25-14-23/h4-6,16,21,25H,7-14,24H2,1-3H3. The van der Waals surface area contributed by atoms with E-state index < -0.39 is 6.17 Å². The third-order valence-corrected chi connectivity index (χ3v) is 6.95. The van der Waals surface area contributed by atoms with Crippen LogP contribution in [0.25, 0.3) is 0 Å². The molecule has 1 aliphatic carbocycles. The Morgan fingerprint density at radius 2 is 2.07 bits per heavy atom. The summed E-state index contributed by atoms with van der Waals surface area (Å²) in [5, 5.41) is 3.48. The Balaban J connectivity index is 1.70. The van der Waals surface area contributed by atoms with Crippen molar-refractivity contribution in [1.29, 1.82) is 0 Å². The molecular weight excluding hydrogens is 378 g/mol. The number of Topliss-reactive ketones (excluding diaryl/α,β-unsaturated/α-hetero) is 1. The number of carbonyl (C=O) groups is 2. The fourth-order valence-corrected chi connectivity index (χ4v) is 5.21. The zero-order chi connectivity index (χ0) is 21.5. The number of ketones is 1. The normalized spacial score (nSPS) is 28.8. The highest BCUT2D eigenvalue weighted by Gasteiger charge is 2.45. The minimum atomic E-state index is -1.000. The van der Waals surface area contributed by atoms with Crippen LogP contribution in [0.4, 0.5) is 5.69 Å². The van der Waals surface area contributed by atoms with Gasteiger partial charge < -0.3 is 20.9 Å². The number of nitrogens with one attached hydrogen (secondary N) is 1. The molecule has 3 N–H and O–H groups in total. The maximum atomic E-state index is 13.6. The number of para-hydroxylation sites is 1. The summed E-state index contributed by atoms with van der Waals surface area (Å²) in [7, 11) is 3.93. The summed E-state index contributed by atoms with van der Waals surface area (Å²) in [5.74, 6) is 0.507. The predicted octanol–water partition coefficient (Wildman–Crippen LogP) is 1.33. The van der Waals surface area contributed by atoms with Crippen molar-refractivity contribution in [3.8, 4) is 0 Å². The first-order valence-corrected chi connectivity index (χ1v) is 10.9. The van der Waals surface area contributed by atoms with Crippen LogP contribution in [-0.4, -0.2) is 68.7 Å². The third-order valence-electron chi connectivity index (χ3n) is 6.95. The first-order valence-electron chi connectivity index (χ1n) is 10.9. The van der Waals surface area contributed by atoms with E-state index in [4.69, 9.17) is 5.73 Å². The molecule has 0 aromatic heterocycles. The highest BCUT2D eigenvalue weighted by molar-refractivity contribution is 6.15. The van der Waals surface area contributed by atoms with Gasteiger partial charge in [-0.25, -0.2) is 0 Å². The van der Waals surface area contributed by atoms with Crippen LogP contribution in [-0.2, 0) is 9.59 Å². The fourth-order valence-electron chi connectivity index (χ4n) is 5.21. The summed E-state index contributed by atoms with van der Waals surface area (Å²) in [6.07, 6.45) is 2.97. The molecule has 30 heavy (non-hydrogen) atoms. The van der Waals surface area contributed by atoms with Gasteiger partial charge in [-0.1, -0.05) is 18.2 Å². The number of nitrogens with zero attached hydrogens (tertiary/aromatic N) is 3. The Morgan fingerprint density at radius 3 is 2.77 bits per heavy atom. The molecular formula is C23H33N5O2. The molecule has 1 atom stereocenters. The van der Waals surface area contributed by atoms with E-state index >= 15 is 0 Å². The van der Waals surface area contributed by atoms with Crippen LogP contribution in [0.1, 0.15) is 36.8 Å². The Labute approximate surface area is 178 Å². The lowest BCUT2D eigenvalue weighted by Gasteiger charge is -2.37. The van der Waals surface area contributed by atoms with Crippen molar-refractivity contribution in [2.75, 3.05) is 45.2 Å². The number of rotatable bonds is 5. The lowest BCUT2D eigenvalue weighted by Crippen LogP contribution is -2.50. The van der Waals surface area contributed by atoms with Crippen molar-refractivity contribution < 1.29 is 9.59 Å². The number of nitrogens with two attached hydrogens (primary N) is 1. The molecule has 2 bridgehead atoms. The summed E-state index contributed by atoms with van der Waals surface area (Å²) < 4.78 is 0. The van der Waals surface area contributed by atoms with Gasteiger partial charge in [0.2, 0.25) is 0 Å². The zero-order valence-electron chi connectivity index (χ0n) is 18.3. The molecule has 162 valence electrons. The van der Waals surface area contributed by atoms with E-state index in [-0.39, 0.29) is 23.7 Å². The number of benzodiazepines with no additional fused rings is 1. The molecule has 0 spiro atoms. The van der Waals surface area contributed by atoms with E-state index in [1.165, 1.54) is 0 Å². The first-order chi connectivity index (χ1) is 14.3. The average Bonchev–Trinajstić information content (AvgIpc) is 3.09. The summed E-state index contributed by atoms with van der Waals surface area (Å²) in [6, 6.07) is 5.92. The van der Waals surface area contributed by atoms with Crippen molar-refractivity contribution in [2.45, 2.75) is 38.8 Å². The van der Waals surface area contributed by atoms with Crippen LogP contribution in [0.15, 0.2) is 23.2 Å². The Kier molecular flexibility index (Phi) is 5.79. The number of anilines is 1. The molecule has 3 fully saturated rings. The monoisotopic (exact) mass is 411 g/mol. The van der Waals surface area contributed by atoms with Crippen LogP contribution in [0.5, 0.6) is 0 Å². The van der Waals surface area contributed by atoms with Crippen LogP contribution < -0.4 is 16.0 Å². The van der Waals surface area contributed by atoms with Crippen LogP contribution in [0.2, 0.25) is 0 Å². The number of hydrogen-bond donors (Lipinski definition) is 2. The van der Waals surface area contributed by atoms with Gasteiger partial charge in [0.1, 0.15) is 0 Å². The van der Waals surface area contributed by atoms with E-state index in [1.807, 2.05) is 44.1 Å². The minimum Gasteiger partial charge on any atom is -0.315 e. The number of amides is 1. The van der Waals surface area contributed by atoms with Gasteiger partial charge in [-0.15, -0.1) is 0 Å². The molecule has 7 heteroatoms. The summed E-state index contributed by atoms with van der Waals surface area (Å²) in [6.45, 7) is 4.31. The number of aliphatic imine (C=N–C) groups is 1. The van der Waals surface area contributed by atoms with Crippen LogP contribution >= 0.6 is 0 Å². The Hall–Kier alpha value is -2.09. The summed E-state index contributed by atoms with van der Waals surface area (Å²) >= 11 is 0. The number of likely N-dealkylation sites (N-methyl/N-ethyl adjacent to an activating group) is 1. The van der Waals surface area contributed by atoms with Crippen molar-refractivity contribution in [1.82, 2.24) is 10.2 Å². The molecule has 7 nitrogen and oxygen atoms in total. The molecule has 5 rings (SSSR count). The molecule has 3 heterocycles. The second-order valence-corrected chi connectivity index (χ2v) is 9.43. The number of benzene rings is 1. The lowest BCUT2D eigenvalue weighted by molar-refractivity contribution is -0.130. The molecule has 1 aromatic carbocycles. The van der Waals surface area contributed by atoms with Gasteiger partial charge in [-0.2, -0.15) is 0 Å². The highest BCUT2D eigenvalue weighted by Crippen LogP contribution is 2.42. The largest absolute Gasteiger partial charge is 0.315 e. The third kappa shape index (κ3) is 3.82. The molecule has 1 unspecified atom stereocenters. The van der Waals surface area contributed by atoms with E-state index in [0.29, 0.717) is 19.0 Å². The van der Waals surface area contributed by atoms with Crippen LogP contribution in [0.3, 0.4) is 0 Å². The van der Waals surface area contributed by atoms with Crippen molar-refractivity contribution in [3.63, 3.8) is 0 Å². The van der Waals surface area contributed by atoms with Gasteiger partial charge in [0.05, 0.1) is 17.9 Å². The van der Waals surface area contributed by atoms with E-state index in [1.54, 1.807) is 4.90 Å². The molecule has 1 aromatic rings. The van der Waals surface area contributed by atoms with Gasteiger partial charge in [0.15, 0.2) is 11.9 Å². The highest BCUT2D eigenvalue weighted by atomic mass is 16.2. The smallest absolute Gasteiger partial charge is 0.266 e. The maximum Gasteiger partial charge on any atom is 0.266 e. The van der Waals surface area contributed by atoms with Gasteiger partial charge in [-0.3, -0.25) is 14.6 Å². The molecule has 2 saturated heterocycles. The van der Waals surface area contributed by atoms with Crippen LogP contribution in [0, 0.1) is 18.3 Å². The number of fused-ring (bicyclic) bond motifs is 5. The van der Waals surface area contributed by atoms with Crippen molar-refractivity contribution in [3.05, 3.63) is 29.3 Å². The maximum absolute atomic E-state index is 13.6. The van der Waals surface area contributed by atoms with Crippen molar-refractivity contribution in [2.24, 2.45) is 22.1 Å². The van der Waals surface area contributed by atoms with Crippen molar-refractivity contribution >= 4 is 23.1 Å². The fraction of sp³-hybridized carbons (Fsp3) is 0.609. The SMILES string of the molecule is Cc1cccc2c1N(CC(=O)C13CCC(CC1)CNC3)C(=O)C(N)N=C2CN(C)C. The topological polar surface area (TPSA) is 91.0 Å². The summed E-state index contributed by atoms with van der Waals surface area (Å²) in [4.78, 5) is 35.1. The Morgan fingerprint density at radius 1 is 1.33 bits per heavy atom. The predicted molar refractivity (Wildman–Crippen MR) is 119 cm³/mol. The quantitative estimate of drug-likeness (QED) is 0.763. The summed E-state index contributed by atoms with van der Waals surface area (Å²) in [5.41, 5.74) is 9.22. The molecule has 3 aliphatic heterocycles. The van der Waals surface area contributed by atoms with Gasteiger partial charge in [0.25, 0.3) is 5.91 Å². The molecule has 1 saturated carbocycles. The first kappa shape index (κ1) is 21.2. The second-order valence-electron chi connectivity index (χ2n) is 9.43. The molecule has 1 amide bonds. The van der Waals surface area contributed by atoms with Gasteiger partial charge in [-0.05, 0) is 64.7 Å². The lowest BCUT2D eigenvalue weighted by atomic mass is 9.69. The second kappa shape index (κ2) is 8.21. The van der Waals surface area contributed by atoms with E-state index in [9.17, 15) is 9.59 Å². The number of aryl methyl sites for hydroxylation is 1. The number of carbonyl (C=O) groups excluding carboxylic acids is 2. The average molecular weight is 412 g/mol. The van der Waals surface area contributed by atoms with Gasteiger partial charge >= 0.3 is 0 Å². The minimum absolute atomic E-state index is 0.0570. The molecule has 0 radical (unpaired) electrons.